The van der Waals surface area contributed by atoms with Crippen molar-refractivity contribution in [2.75, 3.05) is 13.1 Å². The number of rotatable bonds is 3. The molecule has 3 heteroatoms. The van der Waals surface area contributed by atoms with Crippen LogP contribution in [-0.4, -0.2) is 29.9 Å². The Balaban J connectivity index is 1.58. The molecule has 2 fully saturated rings. The first-order chi connectivity index (χ1) is 9.74. The van der Waals surface area contributed by atoms with E-state index in [4.69, 9.17) is 5.73 Å². The van der Waals surface area contributed by atoms with Crippen LogP contribution in [0.2, 0.25) is 0 Å². The maximum atomic E-state index is 12.5. The summed E-state index contributed by atoms with van der Waals surface area (Å²) in [4.78, 5) is 14.5. The number of hydrogen-bond donors (Lipinski definition) is 1. The molecule has 2 aliphatic rings. The molecule has 1 amide bonds. The van der Waals surface area contributed by atoms with Gasteiger partial charge in [0.15, 0.2) is 0 Å². The molecule has 1 saturated carbocycles. The number of nitrogens with two attached hydrogens (primary N) is 1. The monoisotopic (exact) mass is 272 g/mol. The molecule has 1 saturated heterocycles. The highest BCUT2D eigenvalue weighted by Gasteiger charge is 2.37. The predicted octanol–water partition coefficient (Wildman–Crippen LogP) is 2.21. The van der Waals surface area contributed by atoms with E-state index in [2.05, 4.69) is 0 Å². The molecule has 1 heterocycles. The van der Waals surface area contributed by atoms with Gasteiger partial charge in [-0.05, 0) is 36.7 Å². The largest absolute Gasteiger partial charge is 0.341 e. The molecule has 0 radical (unpaired) electrons. The van der Waals surface area contributed by atoms with Gasteiger partial charge in [-0.3, -0.25) is 4.79 Å². The average Bonchev–Trinajstić information content (AvgIpc) is 2.91. The van der Waals surface area contributed by atoms with Crippen LogP contribution >= 0.6 is 0 Å². The molecule has 108 valence electrons. The van der Waals surface area contributed by atoms with E-state index < -0.39 is 6.04 Å². The summed E-state index contributed by atoms with van der Waals surface area (Å²) in [6.45, 7) is 1.87. The average molecular weight is 272 g/mol. The van der Waals surface area contributed by atoms with Crippen LogP contribution in [0.5, 0.6) is 0 Å². The third-order valence-electron chi connectivity index (χ3n) is 4.90. The normalized spacial score (nSPS) is 27.1. The van der Waals surface area contributed by atoms with Gasteiger partial charge in [0.25, 0.3) is 0 Å². The molecule has 1 aliphatic heterocycles. The Bertz CT molecular complexity index is 445. The van der Waals surface area contributed by atoms with E-state index in [9.17, 15) is 4.79 Å². The van der Waals surface area contributed by atoms with Crippen molar-refractivity contribution in [2.45, 2.75) is 38.1 Å². The summed E-state index contributed by atoms with van der Waals surface area (Å²) < 4.78 is 0. The topological polar surface area (TPSA) is 46.3 Å². The van der Waals surface area contributed by atoms with Crippen molar-refractivity contribution in [3.8, 4) is 0 Å². The first kappa shape index (κ1) is 13.6. The van der Waals surface area contributed by atoms with Crippen molar-refractivity contribution in [1.82, 2.24) is 4.90 Å². The van der Waals surface area contributed by atoms with Gasteiger partial charge in [-0.1, -0.05) is 43.2 Å². The fraction of sp³-hybridized carbons (Fsp3) is 0.588. The Morgan fingerprint density at radius 3 is 2.35 bits per heavy atom. The second kappa shape index (κ2) is 5.96. The van der Waals surface area contributed by atoms with Crippen molar-refractivity contribution >= 4 is 5.91 Å². The minimum Gasteiger partial charge on any atom is -0.341 e. The van der Waals surface area contributed by atoms with E-state index in [0.717, 1.165) is 30.5 Å². The maximum absolute atomic E-state index is 12.5. The minimum atomic E-state index is -0.391. The van der Waals surface area contributed by atoms with Crippen molar-refractivity contribution < 1.29 is 4.79 Å². The third-order valence-corrected chi connectivity index (χ3v) is 4.90. The zero-order valence-electron chi connectivity index (χ0n) is 12.0. The summed E-state index contributed by atoms with van der Waals surface area (Å²) >= 11 is 0. The lowest BCUT2D eigenvalue weighted by atomic mass is 9.82. The molecule has 3 rings (SSSR count). The smallest absolute Gasteiger partial charge is 0.239 e. The Kier molecular flexibility index (Phi) is 4.06. The molecule has 0 aromatic heterocycles. The Labute approximate surface area is 121 Å². The first-order valence-corrected chi connectivity index (χ1v) is 7.82. The van der Waals surface area contributed by atoms with Crippen LogP contribution in [-0.2, 0) is 11.2 Å². The SMILES string of the molecule is N[C@@H](Cc1ccccc1)C(=O)N1CC2CCCCC2C1. The third kappa shape index (κ3) is 2.88. The number of hydrogen-bond acceptors (Lipinski definition) is 2. The predicted molar refractivity (Wildman–Crippen MR) is 80.1 cm³/mol. The number of carbonyl (C=O) groups is 1. The fourth-order valence-corrected chi connectivity index (χ4v) is 3.78. The van der Waals surface area contributed by atoms with E-state index in [1.807, 2.05) is 35.2 Å². The number of amides is 1. The van der Waals surface area contributed by atoms with Crippen LogP contribution in [0.4, 0.5) is 0 Å². The highest BCUT2D eigenvalue weighted by atomic mass is 16.2. The standard InChI is InChI=1S/C17H24N2O/c18-16(10-13-6-2-1-3-7-13)17(20)19-11-14-8-4-5-9-15(14)12-19/h1-3,6-7,14-16H,4-5,8-12,18H2/t14?,15?,16-/m0/s1. The number of likely N-dealkylation sites (tertiary alicyclic amines) is 1. The molecular formula is C17H24N2O. The summed E-state index contributed by atoms with van der Waals surface area (Å²) in [5.41, 5.74) is 7.27. The second-order valence-electron chi connectivity index (χ2n) is 6.34. The molecule has 3 nitrogen and oxygen atoms in total. The van der Waals surface area contributed by atoms with Gasteiger partial charge < -0.3 is 10.6 Å². The quantitative estimate of drug-likeness (QED) is 0.917. The first-order valence-electron chi connectivity index (χ1n) is 7.82. The van der Waals surface area contributed by atoms with Gasteiger partial charge in [0.2, 0.25) is 5.91 Å². The van der Waals surface area contributed by atoms with E-state index in [1.54, 1.807) is 0 Å². The molecule has 2 unspecified atom stereocenters. The van der Waals surface area contributed by atoms with Gasteiger partial charge in [-0.15, -0.1) is 0 Å². The van der Waals surface area contributed by atoms with E-state index in [0.29, 0.717) is 6.42 Å². The van der Waals surface area contributed by atoms with Crippen molar-refractivity contribution in [1.29, 1.82) is 0 Å². The lowest BCUT2D eigenvalue weighted by Crippen LogP contribution is -2.44. The second-order valence-corrected chi connectivity index (χ2v) is 6.34. The molecule has 2 N–H and O–H groups in total. The number of nitrogens with zero attached hydrogens (tertiary/aromatic N) is 1. The van der Waals surface area contributed by atoms with Crippen LogP contribution in [0.3, 0.4) is 0 Å². The van der Waals surface area contributed by atoms with Gasteiger partial charge in [0, 0.05) is 13.1 Å². The Morgan fingerprint density at radius 1 is 1.15 bits per heavy atom. The summed E-state index contributed by atoms with van der Waals surface area (Å²) in [6.07, 6.45) is 5.90. The molecule has 1 aromatic carbocycles. The van der Waals surface area contributed by atoms with Crippen LogP contribution in [0.15, 0.2) is 30.3 Å². The van der Waals surface area contributed by atoms with Crippen molar-refractivity contribution in [3.05, 3.63) is 35.9 Å². The van der Waals surface area contributed by atoms with E-state index >= 15 is 0 Å². The molecule has 1 aliphatic carbocycles. The Hall–Kier alpha value is -1.35. The van der Waals surface area contributed by atoms with Crippen LogP contribution in [0.25, 0.3) is 0 Å². The summed E-state index contributed by atoms with van der Waals surface area (Å²) in [5.74, 6) is 1.61. The lowest BCUT2D eigenvalue weighted by molar-refractivity contribution is -0.131. The van der Waals surface area contributed by atoms with Gasteiger partial charge >= 0.3 is 0 Å². The van der Waals surface area contributed by atoms with Crippen LogP contribution < -0.4 is 5.73 Å². The summed E-state index contributed by atoms with van der Waals surface area (Å²) in [6, 6.07) is 9.67. The summed E-state index contributed by atoms with van der Waals surface area (Å²) in [5, 5.41) is 0. The van der Waals surface area contributed by atoms with Gasteiger partial charge in [-0.2, -0.15) is 0 Å². The maximum Gasteiger partial charge on any atom is 0.239 e. The van der Waals surface area contributed by atoms with Crippen LogP contribution in [0, 0.1) is 11.8 Å². The Morgan fingerprint density at radius 2 is 1.75 bits per heavy atom. The van der Waals surface area contributed by atoms with E-state index in [1.165, 1.54) is 25.7 Å². The van der Waals surface area contributed by atoms with Crippen molar-refractivity contribution in [2.24, 2.45) is 17.6 Å². The van der Waals surface area contributed by atoms with Crippen molar-refractivity contribution in [3.63, 3.8) is 0 Å². The molecule has 20 heavy (non-hydrogen) atoms. The van der Waals surface area contributed by atoms with Gasteiger partial charge in [0.05, 0.1) is 6.04 Å². The fourth-order valence-electron chi connectivity index (χ4n) is 3.78. The van der Waals surface area contributed by atoms with E-state index in [-0.39, 0.29) is 5.91 Å². The molecule has 1 aromatic rings. The summed E-state index contributed by atoms with van der Waals surface area (Å²) in [7, 11) is 0. The van der Waals surface area contributed by atoms with Gasteiger partial charge in [0.1, 0.15) is 0 Å². The zero-order chi connectivity index (χ0) is 13.9. The number of benzene rings is 1. The highest BCUT2D eigenvalue weighted by molar-refractivity contribution is 5.82. The lowest BCUT2D eigenvalue weighted by Gasteiger charge is -2.22. The molecule has 3 atom stereocenters. The minimum absolute atomic E-state index is 0.142. The number of carbonyl (C=O) groups excluding carboxylic acids is 1. The molecular weight excluding hydrogens is 248 g/mol. The highest BCUT2D eigenvalue weighted by Crippen LogP contribution is 2.36. The zero-order valence-corrected chi connectivity index (χ0v) is 12.0. The van der Waals surface area contributed by atoms with Crippen LogP contribution in [0.1, 0.15) is 31.2 Å². The molecule has 0 spiro atoms. The number of fused-ring (bicyclic) bond motifs is 1. The van der Waals surface area contributed by atoms with Gasteiger partial charge in [-0.25, -0.2) is 0 Å². The molecule has 0 bridgehead atoms.